The molecule has 3 aromatic rings. The third-order valence-electron chi connectivity index (χ3n) is 8.14. The summed E-state index contributed by atoms with van der Waals surface area (Å²) in [4.78, 5) is 11.1. The fourth-order valence-electron chi connectivity index (χ4n) is 6.24. The Kier molecular flexibility index (Phi) is 6.30. The largest absolute Gasteiger partial charge is 0.478 e. The number of aromatic carboxylic acids is 1. The predicted octanol–water partition coefficient (Wildman–Crippen LogP) is 6.96. The van der Waals surface area contributed by atoms with Gasteiger partial charge in [0.25, 0.3) is 0 Å². The van der Waals surface area contributed by atoms with Crippen molar-refractivity contribution in [2.45, 2.75) is 62.8 Å². The molecule has 9 heteroatoms. The van der Waals surface area contributed by atoms with E-state index in [1.807, 2.05) is 0 Å². The first-order chi connectivity index (χ1) is 17.7. The van der Waals surface area contributed by atoms with Gasteiger partial charge in [-0.25, -0.2) is 9.18 Å². The van der Waals surface area contributed by atoms with Crippen molar-refractivity contribution >= 4 is 29.2 Å². The Morgan fingerprint density at radius 1 is 1.14 bits per heavy atom. The molecule has 4 atom stereocenters. The lowest BCUT2D eigenvalue weighted by Crippen LogP contribution is -2.25. The minimum absolute atomic E-state index is 0.00435. The third-order valence-corrected chi connectivity index (χ3v) is 8.77. The van der Waals surface area contributed by atoms with Gasteiger partial charge in [0.05, 0.1) is 33.9 Å². The highest BCUT2D eigenvalue weighted by Gasteiger charge is 2.50. The number of nitrogens with zero attached hydrogens (tertiary/aromatic N) is 1. The molecule has 0 bridgehead atoms. The highest BCUT2D eigenvalue weighted by Crippen LogP contribution is 2.54. The summed E-state index contributed by atoms with van der Waals surface area (Å²) in [5.74, 6) is -0.326. The van der Waals surface area contributed by atoms with E-state index in [0.717, 1.165) is 43.1 Å². The van der Waals surface area contributed by atoms with Gasteiger partial charge in [-0.3, -0.25) is 0 Å². The van der Waals surface area contributed by atoms with E-state index in [1.165, 1.54) is 12.1 Å². The first-order valence-electron chi connectivity index (χ1n) is 12.5. The molecule has 2 aromatic carbocycles. The van der Waals surface area contributed by atoms with Crippen LogP contribution < -0.4 is 0 Å². The van der Waals surface area contributed by atoms with Crippen LogP contribution in [-0.2, 0) is 16.9 Å². The Morgan fingerprint density at radius 3 is 2.41 bits per heavy atom. The molecule has 37 heavy (non-hydrogen) atoms. The lowest BCUT2D eigenvalue weighted by molar-refractivity contribution is 0.00773. The van der Waals surface area contributed by atoms with Gasteiger partial charge in [-0.1, -0.05) is 40.5 Å². The monoisotopic (exact) mass is 545 g/mol. The SMILES string of the molecule is O=C(O)c1ccc(C2(O)C[C@H]3CC(OCc4c(-c5c(Cl)cccc5Cl)noc4C4CC4)C[C@H]3C2)c(F)c1. The van der Waals surface area contributed by atoms with Crippen LogP contribution in [0.4, 0.5) is 4.39 Å². The van der Waals surface area contributed by atoms with Crippen LogP contribution in [0.1, 0.15) is 71.7 Å². The Balaban J connectivity index is 1.16. The fourth-order valence-corrected chi connectivity index (χ4v) is 6.81. The molecule has 3 aliphatic carbocycles. The van der Waals surface area contributed by atoms with Crippen molar-refractivity contribution in [2.75, 3.05) is 0 Å². The molecule has 6 rings (SSSR count). The maximum Gasteiger partial charge on any atom is 0.335 e. The van der Waals surface area contributed by atoms with Gasteiger partial charge in [0.2, 0.25) is 0 Å². The van der Waals surface area contributed by atoms with Crippen molar-refractivity contribution in [2.24, 2.45) is 11.8 Å². The maximum atomic E-state index is 14.7. The normalized spacial score (nSPS) is 27.0. The maximum absolute atomic E-state index is 14.7. The van der Waals surface area contributed by atoms with E-state index in [0.29, 0.717) is 46.7 Å². The Hall–Kier alpha value is -2.45. The fraction of sp³-hybridized carbons (Fsp3) is 0.429. The number of benzene rings is 2. The summed E-state index contributed by atoms with van der Waals surface area (Å²) in [6.07, 6.45) is 4.45. The van der Waals surface area contributed by atoms with E-state index >= 15 is 0 Å². The second-order valence-corrected chi connectivity index (χ2v) is 11.4. The second kappa shape index (κ2) is 9.38. The van der Waals surface area contributed by atoms with E-state index in [9.17, 15) is 14.3 Å². The number of hydrogen-bond acceptors (Lipinski definition) is 5. The Morgan fingerprint density at radius 2 is 1.81 bits per heavy atom. The number of carboxylic acids is 1. The molecule has 6 nitrogen and oxygen atoms in total. The summed E-state index contributed by atoms with van der Waals surface area (Å²) in [6, 6.07) is 9.07. The number of ether oxygens (including phenoxy) is 1. The molecule has 0 aliphatic heterocycles. The van der Waals surface area contributed by atoms with Crippen molar-refractivity contribution in [3.8, 4) is 11.3 Å². The van der Waals surface area contributed by atoms with E-state index in [1.54, 1.807) is 18.2 Å². The van der Waals surface area contributed by atoms with Crippen LogP contribution in [0.15, 0.2) is 40.9 Å². The van der Waals surface area contributed by atoms with Crippen LogP contribution >= 0.6 is 23.2 Å². The van der Waals surface area contributed by atoms with E-state index in [2.05, 4.69) is 5.16 Å². The molecule has 0 radical (unpaired) electrons. The molecular formula is C28H26Cl2FNO5. The van der Waals surface area contributed by atoms with Gasteiger partial charge in [-0.2, -0.15) is 0 Å². The van der Waals surface area contributed by atoms with Crippen LogP contribution in [0, 0.1) is 17.7 Å². The summed E-state index contributed by atoms with van der Waals surface area (Å²) in [6.45, 7) is 0.325. The van der Waals surface area contributed by atoms with Gasteiger partial charge >= 0.3 is 5.97 Å². The predicted molar refractivity (Wildman–Crippen MR) is 135 cm³/mol. The molecule has 2 N–H and O–H groups in total. The van der Waals surface area contributed by atoms with Gasteiger partial charge in [0, 0.05) is 22.6 Å². The smallest absolute Gasteiger partial charge is 0.335 e. The standard InChI is InChI=1S/C28H26Cl2FNO5/c29-21-2-1-3-22(30)24(21)25-19(26(37-32-25)14-4-5-14)13-36-18-8-16-11-28(35,12-17(16)9-18)20-7-6-15(27(33)34)10-23(20)31/h1-3,6-7,10,14,16-18,35H,4-5,8-9,11-13H2,(H,33,34)/t16-,17+,18?,28?. The van der Waals surface area contributed by atoms with E-state index in [4.69, 9.17) is 37.6 Å². The summed E-state index contributed by atoms with van der Waals surface area (Å²) in [5, 5.41) is 25.7. The van der Waals surface area contributed by atoms with E-state index < -0.39 is 17.4 Å². The molecule has 3 saturated carbocycles. The Bertz CT molecular complexity index is 1340. The zero-order valence-corrected chi connectivity index (χ0v) is 21.4. The number of fused-ring (bicyclic) bond motifs is 1. The third kappa shape index (κ3) is 4.56. The Labute approximate surface area is 223 Å². The number of halogens is 3. The summed E-state index contributed by atoms with van der Waals surface area (Å²) >= 11 is 12.9. The first kappa shape index (κ1) is 24.9. The number of aromatic nitrogens is 1. The average Bonchev–Trinajstić information content (AvgIpc) is 3.39. The van der Waals surface area contributed by atoms with Crippen molar-refractivity contribution in [3.05, 3.63) is 74.7 Å². The summed E-state index contributed by atoms with van der Waals surface area (Å²) in [5.41, 5.74) is 0.877. The molecule has 194 valence electrons. The molecule has 3 aliphatic rings. The van der Waals surface area contributed by atoms with Gasteiger partial charge in [0.15, 0.2) is 0 Å². The molecule has 0 amide bonds. The molecule has 1 aromatic heterocycles. The second-order valence-electron chi connectivity index (χ2n) is 10.6. The van der Waals surface area contributed by atoms with Crippen molar-refractivity contribution in [1.82, 2.24) is 5.16 Å². The lowest BCUT2D eigenvalue weighted by Gasteiger charge is -2.26. The lowest BCUT2D eigenvalue weighted by atomic mass is 9.88. The highest BCUT2D eigenvalue weighted by atomic mass is 35.5. The molecular weight excluding hydrogens is 520 g/mol. The highest BCUT2D eigenvalue weighted by molar-refractivity contribution is 6.39. The van der Waals surface area contributed by atoms with Crippen LogP contribution in [0.25, 0.3) is 11.3 Å². The minimum atomic E-state index is -1.30. The average molecular weight is 546 g/mol. The number of hydrogen-bond donors (Lipinski definition) is 2. The van der Waals surface area contributed by atoms with Crippen molar-refractivity contribution < 1.29 is 28.7 Å². The molecule has 1 heterocycles. The van der Waals surface area contributed by atoms with Crippen LogP contribution in [0.5, 0.6) is 0 Å². The van der Waals surface area contributed by atoms with Gasteiger partial charge in [0.1, 0.15) is 17.3 Å². The molecule has 0 saturated heterocycles. The number of rotatable bonds is 7. The van der Waals surface area contributed by atoms with Crippen molar-refractivity contribution in [1.29, 1.82) is 0 Å². The van der Waals surface area contributed by atoms with Crippen LogP contribution in [0.3, 0.4) is 0 Å². The van der Waals surface area contributed by atoms with Gasteiger partial charge < -0.3 is 19.5 Å². The minimum Gasteiger partial charge on any atom is -0.478 e. The number of aliphatic hydroxyl groups is 1. The summed E-state index contributed by atoms with van der Waals surface area (Å²) in [7, 11) is 0. The topological polar surface area (TPSA) is 92.8 Å². The molecule has 3 fully saturated rings. The van der Waals surface area contributed by atoms with Gasteiger partial charge in [-0.15, -0.1) is 0 Å². The zero-order chi connectivity index (χ0) is 25.9. The molecule has 2 unspecified atom stereocenters. The van der Waals surface area contributed by atoms with E-state index in [-0.39, 0.29) is 29.1 Å². The van der Waals surface area contributed by atoms with Gasteiger partial charge in [-0.05, 0) is 74.6 Å². The van der Waals surface area contributed by atoms with Crippen molar-refractivity contribution in [3.63, 3.8) is 0 Å². The summed E-state index contributed by atoms with van der Waals surface area (Å²) < 4.78 is 26.8. The molecule has 0 spiro atoms. The quantitative estimate of drug-likeness (QED) is 0.333. The van der Waals surface area contributed by atoms with Crippen LogP contribution in [0.2, 0.25) is 10.0 Å². The number of carbonyl (C=O) groups is 1. The van der Waals surface area contributed by atoms with Crippen LogP contribution in [-0.4, -0.2) is 27.4 Å². The first-order valence-corrected chi connectivity index (χ1v) is 13.3. The number of carboxylic acid groups (broad SMARTS) is 1. The zero-order valence-electron chi connectivity index (χ0n) is 19.9.